The monoisotopic (exact) mass is 281 g/mol. The van der Waals surface area contributed by atoms with Gasteiger partial charge in [-0.2, -0.15) is 4.99 Å². The second kappa shape index (κ2) is 9.96. The van der Waals surface area contributed by atoms with Crippen LogP contribution in [0.2, 0.25) is 0 Å². The smallest absolute Gasteiger partial charge is 0.433 e. The van der Waals surface area contributed by atoms with Gasteiger partial charge in [0.2, 0.25) is 0 Å². The van der Waals surface area contributed by atoms with Crippen LogP contribution in [0.5, 0.6) is 0 Å². The standard InChI is InChI=1S/C9H15NO3S3/c1-7(2)8(16-15-3)4-12-9(11)13-5-10-6-14/h7-8H,4-5H2,1-3H3/t8-/m1/s1. The Morgan fingerprint density at radius 2 is 2.19 bits per heavy atom. The summed E-state index contributed by atoms with van der Waals surface area (Å²) < 4.78 is 9.57. The Hall–Kier alpha value is -0.230. The minimum absolute atomic E-state index is 0.135. The van der Waals surface area contributed by atoms with E-state index in [0.29, 0.717) is 12.5 Å². The van der Waals surface area contributed by atoms with Crippen LogP contribution in [-0.2, 0) is 9.47 Å². The summed E-state index contributed by atoms with van der Waals surface area (Å²) in [7, 11) is 3.34. The first-order chi connectivity index (χ1) is 7.61. The van der Waals surface area contributed by atoms with E-state index < -0.39 is 6.16 Å². The van der Waals surface area contributed by atoms with Gasteiger partial charge in [0, 0.05) is 0 Å². The molecule has 4 nitrogen and oxygen atoms in total. The van der Waals surface area contributed by atoms with E-state index in [-0.39, 0.29) is 12.0 Å². The molecule has 1 atom stereocenters. The first-order valence-corrected chi connectivity index (χ1v) is 7.67. The van der Waals surface area contributed by atoms with Gasteiger partial charge in [-0.3, -0.25) is 0 Å². The summed E-state index contributed by atoms with van der Waals surface area (Å²) in [4.78, 5) is 14.5. The van der Waals surface area contributed by atoms with E-state index in [2.05, 4.69) is 41.0 Å². The molecule has 0 fully saturated rings. The summed E-state index contributed by atoms with van der Waals surface area (Å²) in [5, 5.41) is 2.36. The van der Waals surface area contributed by atoms with Gasteiger partial charge in [0.25, 0.3) is 0 Å². The van der Waals surface area contributed by atoms with Gasteiger partial charge in [0.05, 0.1) is 10.4 Å². The number of ether oxygens (including phenoxy) is 2. The summed E-state index contributed by atoms with van der Waals surface area (Å²) in [6, 6.07) is 0. The highest BCUT2D eigenvalue weighted by molar-refractivity contribution is 8.76. The molecule has 0 unspecified atom stereocenters. The second-order valence-corrected chi connectivity index (χ2v) is 6.02. The third-order valence-corrected chi connectivity index (χ3v) is 4.21. The van der Waals surface area contributed by atoms with Crippen molar-refractivity contribution in [3.05, 3.63) is 0 Å². The molecule has 0 bridgehead atoms. The predicted molar refractivity (Wildman–Crippen MR) is 72.1 cm³/mol. The zero-order valence-electron chi connectivity index (χ0n) is 9.47. The molecule has 0 aliphatic rings. The van der Waals surface area contributed by atoms with Crippen LogP contribution in [0, 0.1) is 5.92 Å². The van der Waals surface area contributed by atoms with Crippen molar-refractivity contribution in [3.63, 3.8) is 0 Å². The number of aliphatic imine (C=N–C) groups is 1. The highest BCUT2D eigenvalue weighted by Crippen LogP contribution is 2.29. The lowest BCUT2D eigenvalue weighted by Gasteiger charge is -2.18. The molecule has 0 saturated heterocycles. The van der Waals surface area contributed by atoms with Gasteiger partial charge in [-0.25, -0.2) is 4.79 Å². The van der Waals surface area contributed by atoms with Gasteiger partial charge in [-0.05, 0) is 24.4 Å². The van der Waals surface area contributed by atoms with Gasteiger partial charge in [0.1, 0.15) is 6.61 Å². The lowest BCUT2D eigenvalue weighted by molar-refractivity contribution is 0.0561. The number of carbonyl (C=O) groups is 1. The quantitative estimate of drug-likeness (QED) is 0.309. The normalized spacial score (nSPS) is 11.8. The minimum Gasteiger partial charge on any atom is -0.433 e. The van der Waals surface area contributed by atoms with Gasteiger partial charge >= 0.3 is 6.16 Å². The zero-order chi connectivity index (χ0) is 12.4. The number of carbonyl (C=O) groups excluding carboxylic acids is 1. The van der Waals surface area contributed by atoms with Gasteiger partial charge in [-0.15, -0.1) is 0 Å². The Kier molecular flexibility index (Phi) is 9.82. The van der Waals surface area contributed by atoms with Crippen LogP contribution < -0.4 is 0 Å². The van der Waals surface area contributed by atoms with E-state index >= 15 is 0 Å². The van der Waals surface area contributed by atoms with E-state index in [1.54, 1.807) is 21.6 Å². The highest BCUT2D eigenvalue weighted by atomic mass is 33.1. The number of nitrogens with zero attached hydrogens (tertiary/aromatic N) is 1. The maximum Gasteiger partial charge on any atom is 0.510 e. The maximum atomic E-state index is 11.1. The third-order valence-electron chi connectivity index (χ3n) is 1.64. The van der Waals surface area contributed by atoms with Crippen molar-refractivity contribution in [1.29, 1.82) is 0 Å². The molecule has 0 spiro atoms. The Morgan fingerprint density at radius 1 is 1.50 bits per heavy atom. The van der Waals surface area contributed by atoms with Crippen LogP contribution in [0.15, 0.2) is 4.99 Å². The molecular formula is C9H15NO3S3. The van der Waals surface area contributed by atoms with Crippen LogP contribution in [0.3, 0.4) is 0 Å². The topological polar surface area (TPSA) is 47.9 Å². The Morgan fingerprint density at radius 3 is 2.69 bits per heavy atom. The largest absolute Gasteiger partial charge is 0.510 e. The lowest BCUT2D eigenvalue weighted by Crippen LogP contribution is -2.21. The number of hydrogen-bond acceptors (Lipinski definition) is 7. The molecule has 0 aromatic carbocycles. The fraction of sp³-hybridized carbons (Fsp3) is 0.778. The summed E-state index contributed by atoms with van der Waals surface area (Å²) in [6.45, 7) is 4.37. The average Bonchev–Trinajstić information content (AvgIpc) is 2.24. The van der Waals surface area contributed by atoms with E-state index in [9.17, 15) is 4.79 Å². The first kappa shape index (κ1) is 15.8. The van der Waals surface area contributed by atoms with Crippen LogP contribution in [0.1, 0.15) is 13.8 Å². The number of isothiocyanates is 1. The summed E-state index contributed by atoms with van der Waals surface area (Å²) in [6.07, 6.45) is 1.27. The van der Waals surface area contributed by atoms with Crippen molar-refractivity contribution < 1.29 is 14.3 Å². The molecule has 0 aliphatic carbocycles. The van der Waals surface area contributed by atoms with Crippen LogP contribution in [0.4, 0.5) is 4.79 Å². The molecule has 0 rings (SSSR count). The zero-order valence-corrected chi connectivity index (χ0v) is 11.9. The Labute approximate surface area is 109 Å². The van der Waals surface area contributed by atoms with E-state index in [4.69, 9.17) is 4.74 Å². The van der Waals surface area contributed by atoms with E-state index in [1.807, 2.05) is 6.26 Å². The van der Waals surface area contributed by atoms with E-state index in [0.717, 1.165) is 0 Å². The molecule has 0 aliphatic heterocycles. The molecule has 0 N–H and O–H groups in total. The average molecular weight is 281 g/mol. The Balaban J connectivity index is 3.82. The predicted octanol–water partition coefficient (Wildman–Crippen LogP) is 3.24. The number of thiocarbonyl (C=S) groups is 1. The van der Waals surface area contributed by atoms with Crippen LogP contribution in [-0.4, -0.2) is 36.2 Å². The molecule has 16 heavy (non-hydrogen) atoms. The van der Waals surface area contributed by atoms with Crippen molar-refractivity contribution in [2.75, 3.05) is 19.6 Å². The van der Waals surface area contributed by atoms with Crippen LogP contribution in [0.25, 0.3) is 0 Å². The number of rotatable bonds is 7. The first-order valence-electron chi connectivity index (χ1n) is 4.64. The van der Waals surface area contributed by atoms with Crippen molar-refractivity contribution >= 4 is 45.1 Å². The third kappa shape index (κ3) is 7.98. The van der Waals surface area contributed by atoms with Crippen LogP contribution >= 0.6 is 33.8 Å². The molecule has 0 heterocycles. The van der Waals surface area contributed by atoms with Crippen molar-refractivity contribution in [2.24, 2.45) is 10.9 Å². The fourth-order valence-corrected chi connectivity index (χ4v) is 2.98. The van der Waals surface area contributed by atoms with Crippen molar-refractivity contribution in [1.82, 2.24) is 0 Å². The summed E-state index contributed by atoms with van der Waals surface area (Å²) >= 11 is 4.32. The fourth-order valence-electron chi connectivity index (χ4n) is 0.758. The lowest BCUT2D eigenvalue weighted by atomic mass is 10.1. The molecule has 0 aromatic heterocycles. The number of hydrogen-bond donors (Lipinski definition) is 0. The molecule has 0 saturated carbocycles. The molecule has 92 valence electrons. The van der Waals surface area contributed by atoms with Gasteiger partial charge in [-0.1, -0.05) is 35.4 Å². The summed E-state index contributed by atoms with van der Waals surface area (Å²) in [5.41, 5.74) is 0. The molecule has 0 radical (unpaired) electrons. The minimum atomic E-state index is -0.721. The second-order valence-electron chi connectivity index (χ2n) is 3.13. The molecule has 7 heteroatoms. The molecular weight excluding hydrogens is 266 g/mol. The van der Waals surface area contributed by atoms with E-state index in [1.165, 1.54) is 0 Å². The summed E-state index contributed by atoms with van der Waals surface area (Å²) in [5.74, 6) is 0.434. The van der Waals surface area contributed by atoms with Gasteiger partial charge in [0.15, 0.2) is 6.73 Å². The highest BCUT2D eigenvalue weighted by Gasteiger charge is 2.16. The van der Waals surface area contributed by atoms with Crippen molar-refractivity contribution in [3.8, 4) is 0 Å². The van der Waals surface area contributed by atoms with Crippen molar-refractivity contribution in [2.45, 2.75) is 19.1 Å². The molecule has 0 amide bonds. The molecule has 0 aromatic rings. The SMILES string of the molecule is CSS[C@H](COC(=O)OCN=C=S)C(C)C. The Bertz CT molecular complexity index is 254. The van der Waals surface area contributed by atoms with Gasteiger partial charge < -0.3 is 9.47 Å². The maximum absolute atomic E-state index is 11.1.